The number of benzene rings is 1. The van der Waals surface area contributed by atoms with Crippen LogP contribution in [0.1, 0.15) is 10.4 Å². The summed E-state index contributed by atoms with van der Waals surface area (Å²) < 4.78 is 37.3. The van der Waals surface area contributed by atoms with E-state index in [2.05, 4.69) is 4.74 Å². The van der Waals surface area contributed by atoms with Crippen LogP contribution >= 0.6 is 23.2 Å². The highest BCUT2D eigenvalue weighted by molar-refractivity contribution is 6.58. The Morgan fingerprint density at radius 3 is 2.18 bits per heavy atom. The molecule has 0 aliphatic heterocycles. The third-order valence-electron chi connectivity index (χ3n) is 1.72. The maximum atomic E-state index is 11.9. The van der Waals surface area contributed by atoms with Crippen LogP contribution in [0, 0.1) is 0 Å². The third kappa shape index (κ3) is 4.53. The summed E-state index contributed by atoms with van der Waals surface area (Å²) in [4.78, 5) is 11.6. The second kappa shape index (κ2) is 5.25. The molecule has 0 saturated carbocycles. The van der Waals surface area contributed by atoms with E-state index < -0.39 is 23.1 Å². The summed E-state index contributed by atoms with van der Waals surface area (Å²) in [5.74, 6) is -0.939. The normalized spacial score (nSPS) is 12.5. The van der Waals surface area contributed by atoms with Crippen molar-refractivity contribution in [3.8, 4) is 0 Å². The highest BCUT2D eigenvalue weighted by Gasteiger charge is 2.40. The van der Waals surface area contributed by atoms with Gasteiger partial charge in [0.25, 0.3) is 4.52 Å². The van der Waals surface area contributed by atoms with E-state index in [1.807, 2.05) is 0 Å². The summed E-state index contributed by atoms with van der Waals surface area (Å²) in [6.07, 6.45) is -4.61. The molecule has 0 spiro atoms. The van der Waals surface area contributed by atoms with E-state index in [-0.39, 0.29) is 5.56 Å². The lowest BCUT2D eigenvalue weighted by atomic mass is 10.1. The lowest BCUT2D eigenvalue weighted by molar-refractivity contribution is -0.178. The van der Waals surface area contributed by atoms with Crippen molar-refractivity contribution >= 4 is 29.0 Å². The van der Waals surface area contributed by atoms with Gasteiger partial charge in [0.05, 0.1) is 0 Å². The van der Waals surface area contributed by atoms with Gasteiger partial charge in [0, 0.05) is 5.56 Å². The number of carbonyl (C=O) groups is 1. The first kappa shape index (κ1) is 14.3. The zero-order chi connectivity index (χ0) is 13.1. The molecule has 0 aromatic heterocycles. The van der Waals surface area contributed by atoms with Crippen LogP contribution in [0.3, 0.4) is 0 Å². The predicted octanol–water partition coefficient (Wildman–Crippen LogP) is 3.58. The van der Waals surface area contributed by atoms with Gasteiger partial charge >= 0.3 is 6.18 Å². The average Bonchev–Trinajstić information content (AvgIpc) is 2.26. The van der Waals surface area contributed by atoms with Gasteiger partial charge in [-0.1, -0.05) is 53.5 Å². The summed E-state index contributed by atoms with van der Waals surface area (Å²) in [6, 6.07) is 7.44. The summed E-state index contributed by atoms with van der Waals surface area (Å²) in [5.41, 5.74) is 0.0691. The standard InChI is InChI=1S/C10H7Cl2F3O2/c11-10(12,17-6-9(13,14)15)8(16)7-4-2-1-3-5-7/h1-5H,6H2. The Hall–Kier alpha value is -0.780. The van der Waals surface area contributed by atoms with E-state index in [1.54, 1.807) is 6.07 Å². The number of halogens is 5. The molecule has 17 heavy (non-hydrogen) atoms. The lowest BCUT2D eigenvalue weighted by Crippen LogP contribution is -2.33. The summed E-state index contributed by atoms with van der Waals surface area (Å²) in [7, 11) is 0. The third-order valence-corrected chi connectivity index (χ3v) is 2.28. The Labute approximate surface area is 105 Å². The molecule has 0 aliphatic rings. The Kier molecular flexibility index (Phi) is 4.41. The van der Waals surface area contributed by atoms with Crippen LogP contribution in [-0.2, 0) is 4.74 Å². The van der Waals surface area contributed by atoms with Crippen molar-refractivity contribution in [1.82, 2.24) is 0 Å². The van der Waals surface area contributed by atoms with Crippen molar-refractivity contribution < 1.29 is 22.7 Å². The number of rotatable bonds is 4. The van der Waals surface area contributed by atoms with Crippen LogP contribution < -0.4 is 0 Å². The lowest BCUT2D eigenvalue weighted by Gasteiger charge is -2.19. The van der Waals surface area contributed by atoms with E-state index in [0.717, 1.165) is 0 Å². The predicted molar refractivity (Wildman–Crippen MR) is 57.2 cm³/mol. The second-order valence-corrected chi connectivity index (χ2v) is 4.37. The van der Waals surface area contributed by atoms with E-state index in [4.69, 9.17) is 23.2 Å². The van der Waals surface area contributed by atoms with Gasteiger partial charge in [-0.25, -0.2) is 0 Å². The largest absolute Gasteiger partial charge is 0.411 e. The Morgan fingerprint density at radius 2 is 1.71 bits per heavy atom. The first-order valence-corrected chi connectivity index (χ1v) is 5.16. The summed E-state index contributed by atoms with van der Waals surface area (Å²) in [5, 5.41) is 0. The molecule has 0 heterocycles. The van der Waals surface area contributed by atoms with Gasteiger partial charge in [-0.15, -0.1) is 0 Å². The van der Waals surface area contributed by atoms with Gasteiger partial charge in [-0.05, 0) is 0 Å². The zero-order valence-electron chi connectivity index (χ0n) is 8.30. The molecule has 1 aromatic carbocycles. The molecule has 0 saturated heterocycles. The van der Waals surface area contributed by atoms with Gasteiger partial charge in [0.15, 0.2) is 0 Å². The summed E-state index contributed by atoms with van der Waals surface area (Å²) in [6.45, 7) is -1.70. The van der Waals surface area contributed by atoms with E-state index in [9.17, 15) is 18.0 Å². The van der Waals surface area contributed by atoms with E-state index >= 15 is 0 Å². The summed E-state index contributed by atoms with van der Waals surface area (Å²) >= 11 is 10.8. The fraction of sp³-hybridized carbons (Fsp3) is 0.300. The molecular weight excluding hydrogens is 280 g/mol. The number of carbonyl (C=O) groups excluding carboxylic acids is 1. The van der Waals surface area contributed by atoms with E-state index in [0.29, 0.717) is 0 Å². The molecule has 0 aliphatic carbocycles. The molecule has 1 rings (SSSR count). The van der Waals surface area contributed by atoms with Gasteiger partial charge in [0.1, 0.15) is 6.61 Å². The molecule has 7 heteroatoms. The minimum atomic E-state index is -4.61. The molecule has 0 bridgehead atoms. The molecule has 0 fully saturated rings. The van der Waals surface area contributed by atoms with Crippen LogP contribution in [0.15, 0.2) is 30.3 Å². The van der Waals surface area contributed by atoms with Crippen LogP contribution in [0.4, 0.5) is 13.2 Å². The van der Waals surface area contributed by atoms with Gasteiger partial charge in [-0.2, -0.15) is 13.2 Å². The molecule has 0 radical (unpaired) electrons. The number of alkyl halides is 5. The van der Waals surface area contributed by atoms with Gasteiger partial charge < -0.3 is 4.74 Å². The van der Waals surface area contributed by atoms with Crippen molar-refractivity contribution in [2.75, 3.05) is 6.61 Å². The highest BCUT2D eigenvalue weighted by atomic mass is 35.5. The fourth-order valence-electron chi connectivity index (χ4n) is 0.996. The first-order chi connectivity index (χ1) is 7.72. The minimum absolute atomic E-state index is 0.0691. The Bertz CT molecular complexity index is 390. The minimum Gasteiger partial charge on any atom is -0.331 e. The molecular formula is C10H7Cl2F3O2. The first-order valence-electron chi connectivity index (χ1n) is 4.41. The highest BCUT2D eigenvalue weighted by Crippen LogP contribution is 2.30. The molecule has 94 valence electrons. The van der Waals surface area contributed by atoms with Gasteiger partial charge in [-0.3, -0.25) is 4.79 Å². The molecule has 0 unspecified atom stereocenters. The van der Waals surface area contributed by atoms with Crippen molar-refractivity contribution in [1.29, 1.82) is 0 Å². The van der Waals surface area contributed by atoms with Crippen molar-refractivity contribution in [2.24, 2.45) is 0 Å². The number of ketones is 1. The fourth-order valence-corrected chi connectivity index (χ4v) is 1.32. The van der Waals surface area contributed by atoms with Gasteiger partial charge in [0.2, 0.25) is 5.78 Å². The molecule has 0 amide bonds. The number of hydrogen-bond donors (Lipinski definition) is 0. The van der Waals surface area contributed by atoms with Crippen molar-refractivity contribution in [3.05, 3.63) is 35.9 Å². The number of hydrogen-bond acceptors (Lipinski definition) is 2. The smallest absolute Gasteiger partial charge is 0.331 e. The van der Waals surface area contributed by atoms with E-state index in [1.165, 1.54) is 24.3 Å². The Morgan fingerprint density at radius 1 is 1.18 bits per heavy atom. The molecule has 1 aromatic rings. The van der Waals surface area contributed by atoms with Crippen LogP contribution in [0.5, 0.6) is 0 Å². The number of Topliss-reactive ketones (excluding diaryl/α,β-unsaturated/α-hetero) is 1. The Balaban J connectivity index is 2.74. The van der Waals surface area contributed by atoms with Crippen LogP contribution in [0.2, 0.25) is 0 Å². The molecule has 0 atom stereocenters. The maximum Gasteiger partial charge on any atom is 0.411 e. The average molecular weight is 287 g/mol. The van der Waals surface area contributed by atoms with Crippen molar-refractivity contribution in [3.63, 3.8) is 0 Å². The number of ether oxygens (including phenoxy) is 1. The topological polar surface area (TPSA) is 26.3 Å². The molecule has 2 nitrogen and oxygen atoms in total. The maximum absolute atomic E-state index is 11.9. The second-order valence-electron chi connectivity index (χ2n) is 3.12. The quantitative estimate of drug-likeness (QED) is 0.625. The molecule has 0 N–H and O–H groups in total. The SMILES string of the molecule is O=C(c1ccccc1)C(Cl)(Cl)OCC(F)(F)F. The van der Waals surface area contributed by atoms with Crippen LogP contribution in [-0.4, -0.2) is 23.1 Å². The van der Waals surface area contributed by atoms with Crippen molar-refractivity contribution in [2.45, 2.75) is 10.7 Å². The monoisotopic (exact) mass is 286 g/mol. The van der Waals surface area contributed by atoms with Crippen LogP contribution in [0.25, 0.3) is 0 Å². The zero-order valence-corrected chi connectivity index (χ0v) is 9.81.